The van der Waals surface area contributed by atoms with Gasteiger partial charge < -0.3 is 15.8 Å². The van der Waals surface area contributed by atoms with Crippen molar-refractivity contribution in [1.82, 2.24) is 5.32 Å². The number of amides is 3. The minimum atomic E-state index is -1.19. The number of hydrogen-bond donors (Lipinski definition) is 3. The molecule has 142 valence electrons. The Morgan fingerprint density at radius 1 is 1.04 bits per heavy atom. The molecule has 0 radical (unpaired) electrons. The number of nitrogens with two attached hydrogens (primary N) is 1. The number of halogens is 1. The quantitative estimate of drug-likeness (QED) is 0.674. The summed E-state index contributed by atoms with van der Waals surface area (Å²) in [7, 11) is 0. The Kier molecular flexibility index (Phi) is 6.48. The largest absolute Gasteiger partial charge is 0.448 e. The van der Waals surface area contributed by atoms with Crippen molar-refractivity contribution in [3.05, 3.63) is 59.9 Å². The number of hydrogen-bond acceptors (Lipinski definition) is 5. The molecule has 2 rings (SSSR count). The van der Waals surface area contributed by atoms with Gasteiger partial charge in [0.25, 0.3) is 5.91 Å². The molecule has 0 spiro atoms. The zero-order valence-electron chi connectivity index (χ0n) is 14.9. The molecule has 4 N–H and O–H groups in total. The second-order valence-electron chi connectivity index (χ2n) is 6.10. The van der Waals surface area contributed by atoms with E-state index in [0.717, 1.165) is 0 Å². The normalized spacial score (nSPS) is 11.6. The lowest BCUT2D eigenvalue weighted by atomic mass is 10.1. The van der Waals surface area contributed by atoms with Gasteiger partial charge in [0.15, 0.2) is 6.10 Å². The minimum absolute atomic E-state index is 0.180. The number of ether oxygens (including phenoxy) is 1. The van der Waals surface area contributed by atoms with Crippen LogP contribution in [0.3, 0.4) is 0 Å². The van der Waals surface area contributed by atoms with Crippen molar-refractivity contribution in [3.63, 3.8) is 0 Å². The van der Waals surface area contributed by atoms with Crippen LogP contribution in [0.15, 0.2) is 48.5 Å². The van der Waals surface area contributed by atoms with Gasteiger partial charge >= 0.3 is 12.0 Å². The Balaban J connectivity index is 2.21. The van der Waals surface area contributed by atoms with Crippen LogP contribution in [0, 0.1) is 11.7 Å². The van der Waals surface area contributed by atoms with E-state index in [4.69, 9.17) is 10.5 Å². The fourth-order valence-electron chi connectivity index (χ4n) is 2.32. The second kappa shape index (κ2) is 8.79. The van der Waals surface area contributed by atoms with Gasteiger partial charge in [-0.15, -0.1) is 0 Å². The average molecular weight is 373 g/mol. The number of carbonyl (C=O) groups is 3. The first-order valence-corrected chi connectivity index (χ1v) is 8.21. The van der Waals surface area contributed by atoms with E-state index >= 15 is 0 Å². The van der Waals surface area contributed by atoms with Crippen molar-refractivity contribution >= 4 is 29.3 Å². The number of anilines is 2. The number of para-hydroxylation sites is 1. The molecule has 0 aliphatic heterocycles. The number of imide groups is 1. The third kappa shape index (κ3) is 5.53. The van der Waals surface area contributed by atoms with Gasteiger partial charge in [-0.2, -0.15) is 0 Å². The van der Waals surface area contributed by atoms with Crippen LogP contribution in [-0.4, -0.2) is 24.0 Å². The Hall–Kier alpha value is -3.42. The van der Waals surface area contributed by atoms with E-state index in [-0.39, 0.29) is 17.3 Å². The summed E-state index contributed by atoms with van der Waals surface area (Å²) in [6.07, 6.45) is -1.19. The van der Waals surface area contributed by atoms with Crippen LogP contribution in [0.25, 0.3) is 0 Å². The van der Waals surface area contributed by atoms with E-state index in [2.05, 4.69) is 5.32 Å². The molecule has 0 saturated heterocycles. The van der Waals surface area contributed by atoms with Gasteiger partial charge in [0.1, 0.15) is 5.82 Å². The molecule has 0 fully saturated rings. The van der Waals surface area contributed by atoms with Gasteiger partial charge in [0.05, 0.1) is 11.3 Å². The van der Waals surface area contributed by atoms with Crippen LogP contribution >= 0.6 is 0 Å². The van der Waals surface area contributed by atoms with Gasteiger partial charge in [-0.1, -0.05) is 26.0 Å². The number of esters is 1. The average Bonchev–Trinajstić information content (AvgIpc) is 2.61. The van der Waals surface area contributed by atoms with Gasteiger partial charge in [0, 0.05) is 5.69 Å². The van der Waals surface area contributed by atoms with Gasteiger partial charge in [-0.25, -0.2) is 14.0 Å². The molecule has 2 aromatic carbocycles. The van der Waals surface area contributed by atoms with E-state index in [0.29, 0.717) is 11.4 Å². The zero-order valence-corrected chi connectivity index (χ0v) is 14.9. The van der Waals surface area contributed by atoms with Gasteiger partial charge in [-0.3, -0.25) is 10.1 Å². The lowest BCUT2D eigenvalue weighted by molar-refractivity contribution is -0.130. The molecule has 0 heterocycles. The molecule has 0 aliphatic carbocycles. The highest BCUT2D eigenvalue weighted by Crippen LogP contribution is 2.23. The summed E-state index contributed by atoms with van der Waals surface area (Å²) >= 11 is 0. The Bertz CT molecular complexity index is 837. The molecule has 8 heteroatoms. The fourth-order valence-corrected chi connectivity index (χ4v) is 2.32. The molecule has 1 atom stereocenters. The highest BCUT2D eigenvalue weighted by molar-refractivity contribution is 6.00. The maximum atomic E-state index is 13.0. The Morgan fingerprint density at radius 2 is 1.67 bits per heavy atom. The molecule has 0 saturated carbocycles. The van der Waals surface area contributed by atoms with Crippen LogP contribution in [0.5, 0.6) is 0 Å². The van der Waals surface area contributed by atoms with Crippen LogP contribution in [0.4, 0.5) is 20.6 Å². The summed E-state index contributed by atoms with van der Waals surface area (Å²) in [6.45, 7) is 3.34. The SMILES string of the molecule is CC(C)C(OC(=O)c1ccccc1Nc1ccc(F)cc1)C(=O)NC(N)=O. The summed E-state index contributed by atoms with van der Waals surface area (Å²) in [5.41, 5.74) is 6.12. The van der Waals surface area contributed by atoms with E-state index in [1.807, 2.05) is 5.32 Å². The molecule has 0 aliphatic rings. The van der Waals surface area contributed by atoms with E-state index < -0.39 is 24.0 Å². The van der Waals surface area contributed by atoms with E-state index in [1.54, 1.807) is 32.0 Å². The fraction of sp³-hybridized carbons (Fsp3) is 0.211. The third-order valence-electron chi connectivity index (χ3n) is 3.61. The second-order valence-corrected chi connectivity index (χ2v) is 6.10. The molecule has 7 nitrogen and oxygen atoms in total. The van der Waals surface area contributed by atoms with Crippen molar-refractivity contribution in [2.75, 3.05) is 5.32 Å². The zero-order chi connectivity index (χ0) is 20.0. The van der Waals surface area contributed by atoms with Gasteiger partial charge in [0.2, 0.25) is 0 Å². The van der Waals surface area contributed by atoms with Crippen LogP contribution < -0.4 is 16.4 Å². The number of benzene rings is 2. The molecular formula is C19H20FN3O4. The standard InChI is InChI=1S/C19H20FN3O4/c1-11(2)16(17(24)23-19(21)26)27-18(25)14-5-3-4-6-15(14)22-13-9-7-12(20)8-10-13/h3-11,16,22H,1-2H3,(H3,21,23,24,26). The number of urea groups is 1. The predicted octanol–water partition coefficient (Wildman–Crippen LogP) is 2.95. The van der Waals surface area contributed by atoms with Crippen molar-refractivity contribution in [3.8, 4) is 0 Å². The van der Waals surface area contributed by atoms with Crippen molar-refractivity contribution in [2.45, 2.75) is 20.0 Å². The minimum Gasteiger partial charge on any atom is -0.448 e. The molecule has 3 amide bonds. The molecule has 27 heavy (non-hydrogen) atoms. The Morgan fingerprint density at radius 3 is 2.26 bits per heavy atom. The molecular weight excluding hydrogens is 353 g/mol. The number of carbonyl (C=O) groups excluding carboxylic acids is 3. The third-order valence-corrected chi connectivity index (χ3v) is 3.61. The number of nitrogens with one attached hydrogen (secondary N) is 2. The van der Waals surface area contributed by atoms with Crippen molar-refractivity contribution in [2.24, 2.45) is 11.7 Å². The molecule has 0 bridgehead atoms. The molecule has 0 aromatic heterocycles. The first kappa shape index (κ1) is 19.9. The van der Waals surface area contributed by atoms with E-state index in [9.17, 15) is 18.8 Å². The lowest BCUT2D eigenvalue weighted by Gasteiger charge is -2.20. The summed E-state index contributed by atoms with van der Waals surface area (Å²) in [5, 5.41) is 4.91. The first-order valence-electron chi connectivity index (χ1n) is 8.21. The maximum Gasteiger partial charge on any atom is 0.341 e. The Labute approximate surface area is 155 Å². The monoisotopic (exact) mass is 373 g/mol. The van der Waals surface area contributed by atoms with Crippen LogP contribution in [0.1, 0.15) is 24.2 Å². The first-order chi connectivity index (χ1) is 12.8. The van der Waals surface area contributed by atoms with Gasteiger partial charge in [-0.05, 0) is 42.3 Å². The predicted molar refractivity (Wildman–Crippen MR) is 97.9 cm³/mol. The maximum absolute atomic E-state index is 13.0. The topological polar surface area (TPSA) is 111 Å². The van der Waals surface area contributed by atoms with Crippen molar-refractivity contribution in [1.29, 1.82) is 0 Å². The summed E-state index contributed by atoms with van der Waals surface area (Å²) in [4.78, 5) is 35.5. The molecule has 1 unspecified atom stereocenters. The highest BCUT2D eigenvalue weighted by Gasteiger charge is 2.28. The van der Waals surface area contributed by atoms with Crippen LogP contribution in [-0.2, 0) is 9.53 Å². The highest BCUT2D eigenvalue weighted by atomic mass is 19.1. The smallest absolute Gasteiger partial charge is 0.341 e. The van der Waals surface area contributed by atoms with Crippen LogP contribution in [0.2, 0.25) is 0 Å². The summed E-state index contributed by atoms with van der Waals surface area (Å²) in [6, 6.07) is 11.1. The lowest BCUT2D eigenvalue weighted by Crippen LogP contribution is -2.45. The summed E-state index contributed by atoms with van der Waals surface area (Å²) in [5.74, 6) is -2.31. The van der Waals surface area contributed by atoms with Crippen molar-refractivity contribution < 1.29 is 23.5 Å². The number of rotatable bonds is 6. The molecule has 2 aromatic rings. The van der Waals surface area contributed by atoms with E-state index in [1.165, 1.54) is 30.3 Å². The summed E-state index contributed by atoms with van der Waals surface area (Å²) < 4.78 is 18.3. The number of primary amides is 1.